The molecule has 0 radical (unpaired) electrons. The highest BCUT2D eigenvalue weighted by molar-refractivity contribution is 5.96. The molecule has 1 amide bonds. The number of morpholine rings is 1. The minimum atomic E-state index is -0.227. The number of rotatable bonds is 4. The summed E-state index contributed by atoms with van der Waals surface area (Å²) in [5.41, 5.74) is 1.29. The van der Waals surface area contributed by atoms with Gasteiger partial charge in [0.25, 0.3) is 5.91 Å². The number of carbonyl (C=O) groups excluding carboxylic acids is 1. The summed E-state index contributed by atoms with van der Waals surface area (Å²) in [5, 5.41) is 12.5. The monoisotopic (exact) mass is 264 g/mol. The Balaban J connectivity index is 1.82. The maximum atomic E-state index is 11.9. The molecule has 1 fully saturated rings. The third-order valence-electron chi connectivity index (χ3n) is 3.21. The summed E-state index contributed by atoms with van der Waals surface area (Å²) in [6.07, 6.45) is 0. The maximum Gasteiger partial charge on any atom is 0.255 e. The molecular weight excluding hydrogens is 244 g/mol. The number of carbonyl (C=O) groups is 1. The van der Waals surface area contributed by atoms with Crippen LogP contribution in [0.2, 0.25) is 0 Å². The first-order chi connectivity index (χ1) is 9.16. The standard InChI is InChI=1S/C14H20N2O3/c1-11-2-3-13(17)12(10-11)14(18)15-4-5-16-6-8-19-9-7-16/h2-3,10,17H,4-9H2,1H3,(H,15,18). The van der Waals surface area contributed by atoms with Gasteiger partial charge in [-0.15, -0.1) is 0 Å². The van der Waals surface area contributed by atoms with Gasteiger partial charge in [0.1, 0.15) is 5.75 Å². The van der Waals surface area contributed by atoms with Gasteiger partial charge in [-0.25, -0.2) is 0 Å². The Labute approximate surface area is 113 Å². The molecule has 5 nitrogen and oxygen atoms in total. The molecule has 0 aliphatic carbocycles. The minimum absolute atomic E-state index is 0.0227. The Morgan fingerprint density at radius 1 is 1.42 bits per heavy atom. The zero-order chi connectivity index (χ0) is 13.7. The summed E-state index contributed by atoms with van der Waals surface area (Å²) >= 11 is 0. The summed E-state index contributed by atoms with van der Waals surface area (Å²) in [7, 11) is 0. The first kappa shape index (κ1) is 13.8. The van der Waals surface area contributed by atoms with E-state index in [0.29, 0.717) is 12.1 Å². The van der Waals surface area contributed by atoms with E-state index in [1.165, 1.54) is 0 Å². The topological polar surface area (TPSA) is 61.8 Å². The molecule has 0 aromatic heterocycles. The van der Waals surface area contributed by atoms with Crippen LogP contribution >= 0.6 is 0 Å². The molecule has 1 aromatic carbocycles. The number of ether oxygens (including phenoxy) is 1. The molecule has 1 heterocycles. The fourth-order valence-electron chi connectivity index (χ4n) is 2.08. The summed E-state index contributed by atoms with van der Waals surface area (Å²) in [6, 6.07) is 5.02. The predicted molar refractivity (Wildman–Crippen MR) is 72.4 cm³/mol. The zero-order valence-corrected chi connectivity index (χ0v) is 11.2. The number of amides is 1. The van der Waals surface area contributed by atoms with Gasteiger partial charge in [0, 0.05) is 26.2 Å². The second kappa shape index (κ2) is 6.54. The predicted octanol–water partition coefficient (Wildman–Crippen LogP) is 0.763. The van der Waals surface area contributed by atoms with E-state index >= 15 is 0 Å². The molecule has 5 heteroatoms. The molecular formula is C14H20N2O3. The molecule has 1 saturated heterocycles. The Morgan fingerprint density at radius 3 is 2.89 bits per heavy atom. The molecule has 104 valence electrons. The van der Waals surface area contributed by atoms with E-state index in [4.69, 9.17) is 4.74 Å². The smallest absolute Gasteiger partial charge is 0.255 e. The van der Waals surface area contributed by atoms with Crippen LogP contribution in [0.1, 0.15) is 15.9 Å². The lowest BCUT2D eigenvalue weighted by Crippen LogP contribution is -2.41. The highest BCUT2D eigenvalue weighted by Crippen LogP contribution is 2.17. The summed E-state index contributed by atoms with van der Waals surface area (Å²) < 4.78 is 5.26. The molecule has 0 unspecified atom stereocenters. The summed E-state index contributed by atoms with van der Waals surface area (Å²) in [5.74, 6) is -0.205. The second-order valence-corrected chi connectivity index (χ2v) is 4.73. The number of phenols is 1. The number of phenolic OH excluding ortho intramolecular Hbond substituents is 1. The van der Waals surface area contributed by atoms with Crippen LogP contribution in [0.3, 0.4) is 0 Å². The van der Waals surface area contributed by atoms with Crippen molar-refractivity contribution in [3.8, 4) is 5.75 Å². The number of benzene rings is 1. The molecule has 2 N–H and O–H groups in total. The Kier molecular flexibility index (Phi) is 4.76. The largest absolute Gasteiger partial charge is 0.507 e. The van der Waals surface area contributed by atoms with Crippen LogP contribution in [0.25, 0.3) is 0 Å². The Bertz CT molecular complexity index is 442. The number of aryl methyl sites for hydroxylation is 1. The maximum absolute atomic E-state index is 11.9. The van der Waals surface area contributed by atoms with Gasteiger partial charge in [0.2, 0.25) is 0 Å². The Hall–Kier alpha value is -1.59. The van der Waals surface area contributed by atoms with Gasteiger partial charge in [-0.05, 0) is 19.1 Å². The van der Waals surface area contributed by atoms with Gasteiger partial charge < -0.3 is 15.2 Å². The lowest BCUT2D eigenvalue weighted by atomic mass is 10.1. The number of hydrogen-bond acceptors (Lipinski definition) is 4. The summed E-state index contributed by atoms with van der Waals surface area (Å²) in [4.78, 5) is 14.2. The molecule has 1 aliphatic heterocycles. The van der Waals surface area contributed by atoms with Gasteiger partial charge in [0.15, 0.2) is 0 Å². The zero-order valence-electron chi connectivity index (χ0n) is 11.2. The molecule has 0 bridgehead atoms. The van der Waals surface area contributed by atoms with Crippen LogP contribution in [0.15, 0.2) is 18.2 Å². The quantitative estimate of drug-likeness (QED) is 0.843. The third-order valence-corrected chi connectivity index (χ3v) is 3.21. The third kappa shape index (κ3) is 3.94. The molecule has 1 aromatic rings. The van der Waals surface area contributed by atoms with E-state index in [1.54, 1.807) is 18.2 Å². The van der Waals surface area contributed by atoms with Crippen molar-refractivity contribution in [2.45, 2.75) is 6.92 Å². The lowest BCUT2D eigenvalue weighted by molar-refractivity contribution is 0.0383. The number of aromatic hydroxyl groups is 1. The molecule has 19 heavy (non-hydrogen) atoms. The Morgan fingerprint density at radius 2 is 2.16 bits per heavy atom. The van der Waals surface area contributed by atoms with E-state index in [2.05, 4.69) is 10.2 Å². The molecule has 0 atom stereocenters. The lowest BCUT2D eigenvalue weighted by Gasteiger charge is -2.26. The van der Waals surface area contributed by atoms with Crippen LogP contribution in [0.5, 0.6) is 5.75 Å². The van der Waals surface area contributed by atoms with E-state index < -0.39 is 0 Å². The molecule has 2 rings (SSSR count). The highest BCUT2D eigenvalue weighted by atomic mass is 16.5. The normalized spacial score (nSPS) is 16.3. The van der Waals surface area contributed by atoms with Gasteiger partial charge in [0.05, 0.1) is 18.8 Å². The van der Waals surface area contributed by atoms with Crippen LogP contribution in [-0.4, -0.2) is 55.3 Å². The van der Waals surface area contributed by atoms with E-state index in [0.717, 1.165) is 38.4 Å². The number of nitrogens with zero attached hydrogens (tertiary/aromatic N) is 1. The van der Waals surface area contributed by atoms with Crippen LogP contribution in [-0.2, 0) is 4.74 Å². The minimum Gasteiger partial charge on any atom is -0.507 e. The van der Waals surface area contributed by atoms with Crippen molar-refractivity contribution in [2.24, 2.45) is 0 Å². The van der Waals surface area contributed by atoms with Crippen molar-refractivity contribution in [3.63, 3.8) is 0 Å². The fourth-order valence-corrected chi connectivity index (χ4v) is 2.08. The van der Waals surface area contributed by atoms with E-state index in [9.17, 15) is 9.90 Å². The highest BCUT2D eigenvalue weighted by Gasteiger charge is 2.13. The second-order valence-electron chi connectivity index (χ2n) is 4.73. The molecule has 0 saturated carbocycles. The van der Waals surface area contributed by atoms with Crippen molar-refractivity contribution < 1.29 is 14.6 Å². The van der Waals surface area contributed by atoms with E-state index in [-0.39, 0.29) is 11.7 Å². The van der Waals surface area contributed by atoms with Crippen molar-refractivity contribution in [3.05, 3.63) is 29.3 Å². The van der Waals surface area contributed by atoms with Crippen LogP contribution < -0.4 is 5.32 Å². The molecule has 0 spiro atoms. The average Bonchev–Trinajstić information content (AvgIpc) is 2.42. The van der Waals surface area contributed by atoms with Gasteiger partial charge in [-0.1, -0.05) is 11.6 Å². The van der Waals surface area contributed by atoms with Gasteiger partial charge >= 0.3 is 0 Å². The van der Waals surface area contributed by atoms with Crippen molar-refractivity contribution in [2.75, 3.05) is 39.4 Å². The van der Waals surface area contributed by atoms with Crippen molar-refractivity contribution in [1.29, 1.82) is 0 Å². The first-order valence-corrected chi connectivity index (χ1v) is 6.55. The molecule has 1 aliphatic rings. The number of hydrogen-bond donors (Lipinski definition) is 2. The fraction of sp³-hybridized carbons (Fsp3) is 0.500. The van der Waals surface area contributed by atoms with Crippen molar-refractivity contribution in [1.82, 2.24) is 10.2 Å². The average molecular weight is 264 g/mol. The first-order valence-electron chi connectivity index (χ1n) is 6.55. The van der Waals surface area contributed by atoms with E-state index in [1.807, 2.05) is 6.92 Å². The van der Waals surface area contributed by atoms with Gasteiger partial charge in [-0.3, -0.25) is 9.69 Å². The SMILES string of the molecule is Cc1ccc(O)c(C(=O)NCCN2CCOCC2)c1. The van der Waals surface area contributed by atoms with Crippen LogP contribution in [0, 0.1) is 6.92 Å². The van der Waals surface area contributed by atoms with Crippen molar-refractivity contribution >= 4 is 5.91 Å². The van der Waals surface area contributed by atoms with Crippen LogP contribution in [0.4, 0.5) is 0 Å². The summed E-state index contributed by atoms with van der Waals surface area (Å²) in [6.45, 7) is 6.61. The number of nitrogens with one attached hydrogen (secondary N) is 1. The van der Waals surface area contributed by atoms with Gasteiger partial charge in [-0.2, -0.15) is 0 Å².